The van der Waals surface area contributed by atoms with E-state index in [1.807, 2.05) is 11.8 Å². The van der Waals surface area contributed by atoms with Crippen LogP contribution in [-0.2, 0) is 0 Å². The molecule has 2 heteroatoms. The highest BCUT2D eigenvalue weighted by Gasteiger charge is 2.08. The molecule has 0 amide bonds. The molecule has 1 saturated heterocycles. The number of hydrogen-bond acceptors (Lipinski definition) is 2. The van der Waals surface area contributed by atoms with Crippen LogP contribution in [0.4, 0.5) is 0 Å². The van der Waals surface area contributed by atoms with E-state index in [0.29, 0.717) is 0 Å². The molecular weight excluding hydrogens is 214 g/mol. The van der Waals surface area contributed by atoms with Gasteiger partial charge < -0.3 is 4.90 Å². The normalized spacial score (nSPS) is 17.5. The van der Waals surface area contributed by atoms with Crippen LogP contribution in [0, 0.1) is 6.42 Å². The lowest BCUT2D eigenvalue weighted by Gasteiger charge is -2.25. The van der Waals surface area contributed by atoms with Crippen LogP contribution in [0.25, 0.3) is 0 Å². The van der Waals surface area contributed by atoms with Crippen molar-refractivity contribution in [1.29, 1.82) is 0 Å². The zero-order valence-electron chi connectivity index (χ0n) is 9.77. The maximum atomic E-state index is 2.59. The zero-order valence-corrected chi connectivity index (χ0v) is 10.6. The summed E-state index contributed by atoms with van der Waals surface area (Å²) < 4.78 is 0. The fourth-order valence-corrected chi connectivity index (χ4v) is 2.88. The van der Waals surface area contributed by atoms with Crippen molar-refractivity contribution in [2.45, 2.75) is 24.2 Å². The molecule has 1 aromatic rings. The second kappa shape index (κ2) is 6.97. The van der Waals surface area contributed by atoms with Gasteiger partial charge in [-0.05, 0) is 63.2 Å². The van der Waals surface area contributed by atoms with E-state index in [1.54, 1.807) is 0 Å². The minimum Gasteiger partial charge on any atom is -0.303 e. The molecule has 1 aliphatic heterocycles. The maximum absolute atomic E-state index is 2.59. The molecule has 0 saturated carbocycles. The van der Waals surface area contributed by atoms with Gasteiger partial charge in [0.1, 0.15) is 0 Å². The van der Waals surface area contributed by atoms with Crippen LogP contribution in [0.3, 0.4) is 0 Å². The number of rotatable bonds is 5. The van der Waals surface area contributed by atoms with Crippen LogP contribution in [-0.4, -0.2) is 30.3 Å². The topological polar surface area (TPSA) is 3.24 Å². The predicted octanol–water partition coefficient (Wildman–Crippen LogP) is 3.47. The highest BCUT2D eigenvalue weighted by Crippen LogP contribution is 2.18. The predicted molar refractivity (Wildman–Crippen MR) is 71.8 cm³/mol. The van der Waals surface area contributed by atoms with E-state index in [2.05, 4.69) is 41.7 Å². The number of hydrogen-bond donors (Lipinski definition) is 0. The highest BCUT2D eigenvalue weighted by molar-refractivity contribution is 7.99. The first-order valence-corrected chi connectivity index (χ1v) is 7.15. The van der Waals surface area contributed by atoms with E-state index in [4.69, 9.17) is 0 Å². The second-order valence-corrected chi connectivity index (χ2v) is 5.39. The number of likely N-dealkylation sites (tertiary alicyclic amines) is 1. The first-order valence-electron chi connectivity index (χ1n) is 6.17. The number of nitrogens with zero attached hydrogens (tertiary/aromatic N) is 1. The molecule has 16 heavy (non-hydrogen) atoms. The average Bonchev–Trinajstić information content (AvgIpc) is 2.37. The van der Waals surface area contributed by atoms with Gasteiger partial charge in [-0.2, -0.15) is 0 Å². The number of benzene rings is 1. The molecule has 1 radical (unpaired) electrons. The molecule has 0 spiro atoms. The van der Waals surface area contributed by atoms with E-state index in [1.165, 1.54) is 49.5 Å². The smallest absolute Gasteiger partial charge is 0.00719 e. The lowest BCUT2D eigenvalue weighted by atomic mass is 10.1. The standard InChI is InChI=1S/C14H20NS/c1-3-8-14(9-4-1)16-13-7-12-15-10-5-2-6-11-15/h1-4,8-9H,5-7,10-13H2. The van der Waals surface area contributed by atoms with Gasteiger partial charge in [-0.3, -0.25) is 0 Å². The monoisotopic (exact) mass is 234 g/mol. The Morgan fingerprint density at radius 2 is 1.81 bits per heavy atom. The molecule has 1 nitrogen and oxygen atoms in total. The lowest BCUT2D eigenvalue weighted by Crippen LogP contribution is -2.31. The van der Waals surface area contributed by atoms with Crippen LogP contribution < -0.4 is 0 Å². The van der Waals surface area contributed by atoms with Crippen molar-refractivity contribution < 1.29 is 0 Å². The van der Waals surface area contributed by atoms with Crippen LogP contribution in [0.5, 0.6) is 0 Å². The molecule has 2 rings (SSSR count). The maximum Gasteiger partial charge on any atom is 0.00719 e. The van der Waals surface area contributed by atoms with Crippen LogP contribution >= 0.6 is 11.8 Å². The molecule has 0 aliphatic carbocycles. The summed E-state index contributed by atoms with van der Waals surface area (Å²) in [6.45, 7) is 3.82. The van der Waals surface area contributed by atoms with Crippen molar-refractivity contribution in [3.63, 3.8) is 0 Å². The Labute approximate surface area is 103 Å². The van der Waals surface area contributed by atoms with Gasteiger partial charge in [0, 0.05) is 4.90 Å². The number of thioether (sulfide) groups is 1. The van der Waals surface area contributed by atoms with Gasteiger partial charge in [0.15, 0.2) is 0 Å². The van der Waals surface area contributed by atoms with Crippen molar-refractivity contribution in [1.82, 2.24) is 4.90 Å². The second-order valence-electron chi connectivity index (χ2n) is 4.22. The Morgan fingerprint density at radius 1 is 1.06 bits per heavy atom. The van der Waals surface area contributed by atoms with Gasteiger partial charge in [0.05, 0.1) is 0 Å². The third-order valence-electron chi connectivity index (χ3n) is 2.93. The Balaban J connectivity index is 1.58. The largest absolute Gasteiger partial charge is 0.303 e. The first-order chi connectivity index (χ1) is 7.95. The van der Waals surface area contributed by atoms with Gasteiger partial charge in [-0.15, -0.1) is 11.8 Å². The fraction of sp³-hybridized carbons (Fsp3) is 0.500. The molecule has 1 fully saturated rings. The minimum atomic E-state index is 1.24. The molecule has 87 valence electrons. The molecular formula is C14H20NS. The summed E-state index contributed by atoms with van der Waals surface area (Å²) in [5.41, 5.74) is 0. The summed E-state index contributed by atoms with van der Waals surface area (Å²) in [5.74, 6) is 1.24. The SMILES string of the molecule is [CH]1CCN(CCCSc2ccccc2)CC1. The van der Waals surface area contributed by atoms with Crippen LogP contribution in [0.1, 0.15) is 19.3 Å². The molecule has 1 aliphatic rings. The zero-order chi connectivity index (χ0) is 11.1. The van der Waals surface area contributed by atoms with E-state index in [-0.39, 0.29) is 0 Å². The number of piperidine rings is 1. The molecule has 0 aromatic heterocycles. The van der Waals surface area contributed by atoms with Gasteiger partial charge in [-0.25, -0.2) is 0 Å². The summed E-state index contributed by atoms with van der Waals surface area (Å²) in [7, 11) is 0. The summed E-state index contributed by atoms with van der Waals surface area (Å²) in [6.07, 6.45) is 6.28. The van der Waals surface area contributed by atoms with E-state index < -0.39 is 0 Å². The van der Waals surface area contributed by atoms with E-state index in [0.717, 1.165) is 0 Å². The van der Waals surface area contributed by atoms with Crippen molar-refractivity contribution in [3.05, 3.63) is 36.8 Å². The van der Waals surface area contributed by atoms with Gasteiger partial charge in [0.2, 0.25) is 0 Å². The molecule has 1 heterocycles. The van der Waals surface area contributed by atoms with E-state index >= 15 is 0 Å². The molecule has 0 atom stereocenters. The molecule has 0 N–H and O–H groups in total. The Hall–Kier alpha value is -0.470. The van der Waals surface area contributed by atoms with Gasteiger partial charge >= 0.3 is 0 Å². The third kappa shape index (κ3) is 4.18. The van der Waals surface area contributed by atoms with Crippen LogP contribution in [0.2, 0.25) is 0 Å². The Bertz CT molecular complexity index is 280. The quantitative estimate of drug-likeness (QED) is 0.567. The summed E-state index contributed by atoms with van der Waals surface area (Å²) in [5, 5.41) is 0. The van der Waals surface area contributed by atoms with Crippen molar-refractivity contribution in [2.24, 2.45) is 0 Å². The fourth-order valence-electron chi connectivity index (χ4n) is 2.02. The average molecular weight is 234 g/mol. The van der Waals surface area contributed by atoms with Crippen molar-refractivity contribution in [3.8, 4) is 0 Å². The van der Waals surface area contributed by atoms with Gasteiger partial charge in [0.25, 0.3) is 0 Å². The lowest BCUT2D eigenvalue weighted by molar-refractivity contribution is 0.255. The van der Waals surface area contributed by atoms with Crippen molar-refractivity contribution >= 4 is 11.8 Å². The Kier molecular flexibility index (Phi) is 5.23. The summed E-state index contributed by atoms with van der Waals surface area (Å²) in [4.78, 5) is 3.99. The summed E-state index contributed by atoms with van der Waals surface area (Å²) >= 11 is 1.97. The molecule has 0 bridgehead atoms. The molecule has 1 aromatic carbocycles. The Morgan fingerprint density at radius 3 is 2.56 bits per heavy atom. The van der Waals surface area contributed by atoms with Crippen molar-refractivity contribution in [2.75, 3.05) is 25.4 Å². The third-order valence-corrected chi connectivity index (χ3v) is 4.03. The first kappa shape index (κ1) is 12.0. The van der Waals surface area contributed by atoms with E-state index in [9.17, 15) is 0 Å². The summed E-state index contributed by atoms with van der Waals surface area (Å²) in [6, 6.07) is 10.7. The molecule has 0 unspecified atom stereocenters. The highest BCUT2D eigenvalue weighted by atomic mass is 32.2. The minimum absolute atomic E-state index is 1.24. The van der Waals surface area contributed by atoms with Gasteiger partial charge in [-0.1, -0.05) is 18.2 Å². The van der Waals surface area contributed by atoms with Crippen LogP contribution in [0.15, 0.2) is 35.2 Å².